The first-order valence-electron chi connectivity index (χ1n) is 6.15. The Morgan fingerprint density at radius 3 is 3.00 bits per heavy atom. The van der Waals surface area contributed by atoms with E-state index in [1.165, 1.54) is 28.7 Å². The van der Waals surface area contributed by atoms with Crippen molar-refractivity contribution in [1.29, 1.82) is 0 Å². The molecule has 18 heavy (non-hydrogen) atoms. The van der Waals surface area contributed by atoms with Crippen LogP contribution in [0.25, 0.3) is 10.2 Å². The van der Waals surface area contributed by atoms with Gasteiger partial charge in [-0.3, -0.25) is 0 Å². The summed E-state index contributed by atoms with van der Waals surface area (Å²) in [6.45, 7) is 3.66. The summed E-state index contributed by atoms with van der Waals surface area (Å²) in [5, 5.41) is 12.1. The van der Waals surface area contributed by atoms with Crippen molar-refractivity contribution in [1.82, 2.24) is 9.97 Å². The summed E-state index contributed by atoms with van der Waals surface area (Å²) in [4.78, 5) is 11.4. The summed E-state index contributed by atoms with van der Waals surface area (Å²) >= 11 is 3.44. The fraction of sp³-hybridized carbons (Fsp3) is 0.538. The Balaban J connectivity index is 2.01. The third kappa shape index (κ3) is 2.27. The van der Waals surface area contributed by atoms with Crippen molar-refractivity contribution in [2.24, 2.45) is 0 Å². The van der Waals surface area contributed by atoms with Gasteiger partial charge < -0.3 is 5.11 Å². The number of thiophene rings is 1. The molecule has 2 aromatic heterocycles. The highest BCUT2D eigenvalue weighted by Gasteiger charge is 2.22. The first-order valence-corrected chi connectivity index (χ1v) is 7.95. The van der Waals surface area contributed by atoms with Gasteiger partial charge in [0.15, 0.2) is 0 Å². The van der Waals surface area contributed by atoms with Gasteiger partial charge in [0.25, 0.3) is 0 Å². The van der Waals surface area contributed by atoms with Crippen molar-refractivity contribution >= 4 is 33.3 Å². The standard InChI is InChI=1S/C13H16N2OS2/c1-13(2,16)6-17-11-10-8-4-3-5-9(8)18-12(10)15-7-14-11/h7,16H,3-6H2,1-2H3. The van der Waals surface area contributed by atoms with Gasteiger partial charge in [0.1, 0.15) is 16.2 Å². The highest BCUT2D eigenvalue weighted by molar-refractivity contribution is 7.99. The minimum atomic E-state index is -0.666. The zero-order valence-corrected chi connectivity index (χ0v) is 12.2. The molecule has 3 nitrogen and oxygen atoms in total. The Kier molecular flexibility index (Phi) is 3.08. The first-order chi connectivity index (χ1) is 8.54. The molecule has 0 bridgehead atoms. The molecule has 0 saturated heterocycles. The number of aromatic nitrogens is 2. The van der Waals surface area contributed by atoms with Gasteiger partial charge in [-0.1, -0.05) is 0 Å². The van der Waals surface area contributed by atoms with E-state index in [0.29, 0.717) is 5.75 Å². The van der Waals surface area contributed by atoms with Crippen molar-refractivity contribution in [3.05, 3.63) is 16.8 Å². The number of hydrogen-bond donors (Lipinski definition) is 1. The van der Waals surface area contributed by atoms with Crippen LogP contribution in [0, 0.1) is 0 Å². The normalized spacial score (nSPS) is 15.3. The summed E-state index contributed by atoms with van der Waals surface area (Å²) in [6, 6.07) is 0. The quantitative estimate of drug-likeness (QED) is 0.693. The van der Waals surface area contributed by atoms with Gasteiger partial charge >= 0.3 is 0 Å². The minimum Gasteiger partial charge on any atom is -0.390 e. The summed E-state index contributed by atoms with van der Waals surface area (Å²) < 4.78 is 0. The third-order valence-corrected chi connectivity index (χ3v) is 5.66. The molecule has 1 aliphatic rings. The Labute approximate surface area is 115 Å². The fourth-order valence-corrected chi connectivity index (χ4v) is 4.52. The molecule has 1 N–H and O–H groups in total. The molecule has 2 aromatic rings. The van der Waals surface area contributed by atoms with E-state index in [0.717, 1.165) is 16.3 Å². The number of thioether (sulfide) groups is 1. The molecule has 1 aliphatic carbocycles. The number of fused-ring (bicyclic) bond motifs is 3. The Morgan fingerprint density at radius 1 is 1.39 bits per heavy atom. The summed E-state index contributed by atoms with van der Waals surface area (Å²) in [5.41, 5.74) is 0.787. The second kappa shape index (κ2) is 4.47. The minimum absolute atomic E-state index is 0.656. The monoisotopic (exact) mass is 280 g/mol. The van der Waals surface area contributed by atoms with Crippen molar-refractivity contribution in [2.45, 2.75) is 43.7 Å². The summed E-state index contributed by atoms with van der Waals surface area (Å²) in [7, 11) is 0. The number of aryl methyl sites for hydroxylation is 2. The van der Waals surface area contributed by atoms with Crippen LogP contribution in [0.5, 0.6) is 0 Å². The molecule has 0 aromatic carbocycles. The van der Waals surface area contributed by atoms with Crippen LogP contribution in [0.15, 0.2) is 11.4 Å². The molecule has 0 spiro atoms. The molecule has 0 atom stereocenters. The lowest BCUT2D eigenvalue weighted by molar-refractivity contribution is 0.107. The van der Waals surface area contributed by atoms with Crippen LogP contribution in [0.4, 0.5) is 0 Å². The summed E-state index contributed by atoms with van der Waals surface area (Å²) in [5.74, 6) is 0.656. The van der Waals surface area contributed by atoms with Crippen molar-refractivity contribution in [3.8, 4) is 0 Å². The third-order valence-electron chi connectivity index (χ3n) is 3.03. The molecule has 2 heterocycles. The van der Waals surface area contributed by atoms with Gasteiger partial charge in [0.05, 0.1) is 5.60 Å². The Hall–Kier alpha value is -0.650. The Morgan fingerprint density at radius 2 is 2.22 bits per heavy atom. The predicted molar refractivity (Wildman–Crippen MR) is 76.5 cm³/mol. The molecule has 0 radical (unpaired) electrons. The van der Waals surface area contributed by atoms with Crippen LogP contribution in [0.3, 0.4) is 0 Å². The first kappa shape index (κ1) is 12.4. The number of nitrogens with zero attached hydrogens (tertiary/aromatic N) is 2. The molecule has 0 fully saturated rings. The lowest BCUT2D eigenvalue weighted by atomic mass is 10.2. The van der Waals surface area contributed by atoms with Crippen LogP contribution in [-0.2, 0) is 12.8 Å². The van der Waals surface area contributed by atoms with Gasteiger partial charge in [-0.25, -0.2) is 9.97 Å². The molecule has 96 valence electrons. The second-order valence-electron chi connectivity index (χ2n) is 5.32. The second-order valence-corrected chi connectivity index (χ2v) is 7.37. The molecule has 3 rings (SSSR count). The number of aliphatic hydroxyl groups is 1. The van der Waals surface area contributed by atoms with Gasteiger partial charge in [-0.2, -0.15) is 0 Å². The summed E-state index contributed by atoms with van der Waals surface area (Å²) in [6.07, 6.45) is 5.23. The highest BCUT2D eigenvalue weighted by atomic mass is 32.2. The van der Waals surface area contributed by atoms with E-state index in [1.807, 2.05) is 13.8 Å². The molecule has 5 heteroatoms. The van der Waals surface area contributed by atoms with Gasteiger partial charge in [0.2, 0.25) is 0 Å². The smallest absolute Gasteiger partial charge is 0.128 e. The Bertz CT molecular complexity index is 586. The topological polar surface area (TPSA) is 46.0 Å². The average molecular weight is 280 g/mol. The lowest BCUT2D eigenvalue weighted by Crippen LogP contribution is -2.21. The van der Waals surface area contributed by atoms with Crippen molar-refractivity contribution < 1.29 is 5.11 Å². The molecule has 0 saturated carbocycles. The number of hydrogen-bond acceptors (Lipinski definition) is 5. The van der Waals surface area contributed by atoms with Crippen LogP contribution in [-0.4, -0.2) is 26.4 Å². The van der Waals surface area contributed by atoms with E-state index < -0.39 is 5.60 Å². The van der Waals surface area contributed by atoms with E-state index >= 15 is 0 Å². The average Bonchev–Trinajstić information content (AvgIpc) is 2.84. The molecular weight excluding hydrogens is 264 g/mol. The maximum absolute atomic E-state index is 9.83. The molecule has 0 unspecified atom stereocenters. The maximum atomic E-state index is 9.83. The van der Waals surface area contributed by atoms with E-state index in [4.69, 9.17) is 0 Å². The molecular formula is C13H16N2OS2. The molecule has 0 amide bonds. The van der Waals surface area contributed by atoms with Crippen LogP contribution >= 0.6 is 23.1 Å². The van der Waals surface area contributed by atoms with Gasteiger partial charge in [-0.05, 0) is 38.7 Å². The van der Waals surface area contributed by atoms with Gasteiger partial charge in [-0.15, -0.1) is 23.1 Å². The maximum Gasteiger partial charge on any atom is 0.128 e. The van der Waals surface area contributed by atoms with Crippen LogP contribution in [0.1, 0.15) is 30.7 Å². The largest absolute Gasteiger partial charge is 0.390 e. The van der Waals surface area contributed by atoms with E-state index in [9.17, 15) is 5.11 Å². The number of rotatable bonds is 3. The zero-order chi connectivity index (χ0) is 12.8. The van der Waals surface area contributed by atoms with Crippen LogP contribution in [0.2, 0.25) is 0 Å². The van der Waals surface area contributed by atoms with Crippen molar-refractivity contribution in [3.63, 3.8) is 0 Å². The zero-order valence-electron chi connectivity index (χ0n) is 10.6. The molecule has 0 aliphatic heterocycles. The highest BCUT2D eigenvalue weighted by Crippen LogP contribution is 2.40. The predicted octanol–water partition coefficient (Wildman–Crippen LogP) is 3.04. The fourth-order valence-electron chi connectivity index (χ4n) is 2.25. The van der Waals surface area contributed by atoms with Crippen LogP contribution < -0.4 is 0 Å². The van der Waals surface area contributed by atoms with E-state index in [2.05, 4.69) is 9.97 Å². The lowest BCUT2D eigenvalue weighted by Gasteiger charge is -2.16. The van der Waals surface area contributed by atoms with Crippen molar-refractivity contribution in [2.75, 3.05) is 5.75 Å². The van der Waals surface area contributed by atoms with Gasteiger partial charge in [0, 0.05) is 16.0 Å². The SMILES string of the molecule is CC(C)(O)CSc1ncnc2sc3c(c12)CCC3. The van der Waals surface area contributed by atoms with E-state index in [1.54, 1.807) is 29.4 Å². The van der Waals surface area contributed by atoms with E-state index in [-0.39, 0.29) is 0 Å².